The first-order valence-corrected chi connectivity index (χ1v) is 9.51. The minimum Gasteiger partial charge on any atom is -0.449 e. The van der Waals surface area contributed by atoms with E-state index in [4.69, 9.17) is 4.42 Å². The summed E-state index contributed by atoms with van der Waals surface area (Å²) in [6.45, 7) is 0. The van der Waals surface area contributed by atoms with Gasteiger partial charge in [0.2, 0.25) is 11.7 Å². The van der Waals surface area contributed by atoms with E-state index in [1.54, 1.807) is 24.3 Å². The number of carbonyl (C=O) groups excluding carboxylic acids is 2. The van der Waals surface area contributed by atoms with E-state index < -0.39 is 11.7 Å². The van der Waals surface area contributed by atoms with Crippen LogP contribution >= 0.6 is 0 Å². The van der Waals surface area contributed by atoms with Gasteiger partial charge in [0, 0.05) is 17.0 Å². The predicted molar refractivity (Wildman–Crippen MR) is 106 cm³/mol. The SMILES string of the molecule is O=C(Nc1cccc(F)c1)c1oc2ccccc2c1NC(=O)C1CCCCC1. The molecule has 4 rings (SSSR count). The van der Waals surface area contributed by atoms with Crippen molar-refractivity contribution in [1.29, 1.82) is 0 Å². The first kappa shape index (κ1) is 18.2. The number of hydrogen-bond donors (Lipinski definition) is 2. The Morgan fingerprint density at radius 1 is 0.964 bits per heavy atom. The van der Waals surface area contributed by atoms with Crippen molar-refractivity contribution in [3.63, 3.8) is 0 Å². The third-order valence-corrected chi connectivity index (χ3v) is 5.11. The van der Waals surface area contributed by atoms with Gasteiger partial charge in [-0.1, -0.05) is 37.5 Å². The lowest BCUT2D eigenvalue weighted by molar-refractivity contribution is -0.120. The van der Waals surface area contributed by atoms with E-state index >= 15 is 0 Å². The van der Waals surface area contributed by atoms with Crippen molar-refractivity contribution in [3.05, 3.63) is 60.1 Å². The largest absolute Gasteiger partial charge is 0.449 e. The molecule has 28 heavy (non-hydrogen) atoms. The number of amides is 2. The van der Waals surface area contributed by atoms with Crippen LogP contribution in [0.4, 0.5) is 15.8 Å². The van der Waals surface area contributed by atoms with Crippen LogP contribution in [0.3, 0.4) is 0 Å². The number of benzene rings is 2. The normalized spacial score (nSPS) is 14.8. The maximum absolute atomic E-state index is 13.4. The van der Waals surface area contributed by atoms with Crippen molar-refractivity contribution >= 4 is 34.2 Å². The fraction of sp³-hybridized carbons (Fsp3) is 0.273. The molecule has 144 valence electrons. The lowest BCUT2D eigenvalue weighted by Crippen LogP contribution is -2.25. The van der Waals surface area contributed by atoms with Crippen LogP contribution in [0.1, 0.15) is 42.7 Å². The van der Waals surface area contributed by atoms with E-state index in [0.717, 1.165) is 32.1 Å². The van der Waals surface area contributed by atoms with Gasteiger partial charge >= 0.3 is 0 Å². The average Bonchev–Trinajstić information content (AvgIpc) is 3.07. The summed E-state index contributed by atoms with van der Waals surface area (Å²) in [6.07, 6.45) is 4.94. The minimum atomic E-state index is -0.541. The van der Waals surface area contributed by atoms with E-state index in [1.807, 2.05) is 6.07 Å². The number of carbonyl (C=O) groups is 2. The zero-order chi connectivity index (χ0) is 19.5. The van der Waals surface area contributed by atoms with Crippen molar-refractivity contribution in [1.82, 2.24) is 0 Å². The quantitative estimate of drug-likeness (QED) is 0.641. The summed E-state index contributed by atoms with van der Waals surface area (Å²) in [4.78, 5) is 25.5. The molecule has 1 aliphatic carbocycles. The average molecular weight is 380 g/mol. The van der Waals surface area contributed by atoms with Crippen LogP contribution in [-0.2, 0) is 4.79 Å². The molecule has 1 aliphatic rings. The lowest BCUT2D eigenvalue weighted by atomic mass is 9.88. The molecule has 0 spiro atoms. The van der Waals surface area contributed by atoms with Gasteiger partial charge in [0.25, 0.3) is 5.91 Å². The van der Waals surface area contributed by atoms with Crippen LogP contribution in [0.2, 0.25) is 0 Å². The van der Waals surface area contributed by atoms with Gasteiger partial charge in [-0.3, -0.25) is 9.59 Å². The highest BCUT2D eigenvalue weighted by Gasteiger charge is 2.26. The topological polar surface area (TPSA) is 71.3 Å². The highest BCUT2D eigenvalue weighted by Crippen LogP contribution is 2.33. The Labute approximate surface area is 161 Å². The molecule has 0 bridgehead atoms. The fourth-order valence-corrected chi connectivity index (χ4v) is 3.67. The number of para-hydroxylation sites is 1. The van der Waals surface area contributed by atoms with Gasteiger partial charge in [0.05, 0.1) is 0 Å². The van der Waals surface area contributed by atoms with E-state index in [9.17, 15) is 14.0 Å². The van der Waals surface area contributed by atoms with Gasteiger partial charge in [0.15, 0.2) is 0 Å². The third kappa shape index (κ3) is 3.76. The predicted octanol–water partition coefficient (Wildman–Crippen LogP) is 5.34. The second-order valence-corrected chi connectivity index (χ2v) is 7.09. The summed E-state index contributed by atoms with van der Waals surface area (Å²) in [5.41, 5.74) is 1.18. The summed E-state index contributed by atoms with van der Waals surface area (Å²) in [5.74, 6) is -1.13. The summed E-state index contributed by atoms with van der Waals surface area (Å²) in [5, 5.41) is 6.21. The van der Waals surface area contributed by atoms with E-state index in [-0.39, 0.29) is 17.6 Å². The number of anilines is 2. The Balaban J connectivity index is 1.64. The zero-order valence-corrected chi connectivity index (χ0v) is 15.3. The van der Waals surface area contributed by atoms with Crippen LogP contribution in [0, 0.1) is 11.7 Å². The molecule has 0 saturated heterocycles. The molecule has 2 amide bonds. The summed E-state index contributed by atoms with van der Waals surface area (Å²) in [6, 6.07) is 12.8. The summed E-state index contributed by atoms with van der Waals surface area (Å²) < 4.78 is 19.1. The molecule has 1 saturated carbocycles. The van der Waals surface area contributed by atoms with E-state index in [1.165, 1.54) is 18.2 Å². The van der Waals surface area contributed by atoms with Gasteiger partial charge in [-0.2, -0.15) is 0 Å². The third-order valence-electron chi connectivity index (χ3n) is 5.11. The van der Waals surface area contributed by atoms with Crippen LogP contribution in [0.15, 0.2) is 52.9 Å². The van der Waals surface area contributed by atoms with Gasteiger partial charge < -0.3 is 15.1 Å². The Kier molecular flexibility index (Phi) is 5.10. The number of hydrogen-bond acceptors (Lipinski definition) is 3. The molecular weight excluding hydrogens is 359 g/mol. The zero-order valence-electron chi connectivity index (χ0n) is 15.3. The van der Waals surface area contributed by atoms with E-state index in [0.29, 0.717) is 22.3 Å². The highest BCUT2D eigenvalue weighted by molar-refractivity contribution is 6.14. The van der Waals surface area contributed by atoms with Crippen LogP contribution in [0.25, 0.3) is 11.0 Å². The number of nitrogens with one attached hydrogen (secondary N) is 2. The summed E-state index contributed by atoms with van der Waals surface area (Å²) in [7, 11) is 0. The maximum atomic E-state index is 13.4. The van der Waals surface area contributed by atoms with Crippen LogP contribution in [0.5, 0.6) is 0 Å². The molecular formula is C22H21FN2O3. The van der Waals surface area contributed by atoms with Gasteiger partial charge in [0.1, 0.15) is 17.1 Å². The van der Waals surface area contributed by atoms with Crippen molar-refractivity contribution in [2.24, 2.45) is 5.92 Å². The molecule has 0 unspecified atom stereocenters. The van der Waals surface area contributed by atoms with Crippen molar-refractivity contribution in [2.45, 2.75) is 32.1 Å². The first-order valence-electron chi connectivity index (χ1n) is 9.51. The monoisotopic (exact) mass is 380 g/mol. The Morgan fingerprint density at radius 3 is 2.54 bits per heavy atom. The molecule has 2 aromatic carbocycles. The van der Waals surface area contributed by atoms with E-state index in [2.05, 4.69) is 10.6 Å². The van der Waals surface area contributed by atoms with Crippen LogP contribution < -0.4 is 10.6 Å². The molecule has 1 aromatic heterocycles. The number of furan rings is 1. The van der Waals surface area contributed by atoms with Gasteiger partial charge in [-0.05, 0) is 43.2 Å². The minimum absolute atomic E-state index is 0.00891. The lowest BCUT2D eigenvalue weighted by Gasteiger charge is -2.20. The Bertz CT molecular complexity index is 1020. The Hall–Kier alpha value is -3.15. The molecule has 3 aromatic rings. The molecule has 1 fully saturated rings. The maximum Gasteiger partial charge on any atom is 0.293 e. The molecule has 1 heterocycles. The Morgan fingerprint density at radius 2 is 1.75 bits per heavy atom. The molecule has 5 nitrogen and oxygen atoms in total. The second kappa shape index (κ2) is 7.84. The number of rotatable bonds is 4. The van der Waals surface area contributed by atoms with Crippen molar-refractivity contribution in [2.75, 3.05) is 10.6 Å². The molecule has 0 aliphatic heterocycles. The first-order chi connectivity index (χ1) is 13.6. The smallest absolute Gasteiger partial charge is 0.293 e. The molecule has 2 N–H and O–H groups in total. The summed E-state index contributed by atoms with van der Waals surface area (Å²) >= 11 is 0. The molecule has 0 radical (unpaired) electrons. The highest BCUT2D eigenvalue weighted by atomic mass is 19.1. The number of halogens is 1. The van der Waals surface area contributed by atoms with Gasteiger partial charge in [-0.15, -0.1) is 0 Å². The molecule has 0 atom stereocenters. The van der Waals surface area contributed by atoms with Crippen molar-refractivity contribution < 1.29 is 18.4 Å². The van der Waals surface area contributed by atoms with Crippen LogP contribution in [-0.4, -0.2) is 11.8 Å². The molecule has 6 heteroatoms. The standard InChI is InChI=1S/C22H21FN2O3/c23-15-9-6-10-16(13-15)24-22(27)20-19(17-11-4-5-12-18(17)28-20)25-21(26)14-7-2-1-3-8-14/h4-6,9-14H,1-3,7-8H2,(H,24,27)(H,25,26). The number of fused-ring (bicyclic) bond motifs is 1. The van der Waals surface area contributed by atoms with Crippen molar-refractivity contribution in [3.8, 4) is 0 Å². The second-order valence-electron chi connectivity index (χ2n) is 7.09. The van der Waals surface area contributed by atoms with Gasteiger partial charge in [-0.25, -0.2) is 4.39 Å². The fourth-order valence-electron chi connectivity index (χ4n) is 3.67.